The first kappa shape index (κ1) is 13.7. The molecule has 1 aromatic carbocycles. The smallest absolute Gasteiger partial charge is 0.0938 e. The molecule has 2 nitrogen and oxygen atoms in total. The van der Waals surface area contributed by atoms with Crippen LogP contribution in [0.1, 0.15) is 5.56 Å². The Bertz CT molecular complexity index is 266. The molecule has 1 rings (SSSR count). The van der Waals surface area contributed by atoms with Gasteiger partial charge in [-0.1, -0.05) is 30.3 Å². The van der Waals surface area contributed by atoms with E-state index in [4.69, 9.17) is 10.1 Å². The zero-order valence-electron chi connectivity index (χ0n) is 8.03. The van der Waals surface area contributed by atoms with Crippen LogP contribution >= 0.6 is 28.7 Å². The molecule has 0 amide bonds. The van der Waals surface area contributed by atoms with Gasteiger partial charge in [0.1, 0.15) is 0 Å². The van der Waals surface area contributed by atoms with Crippen LogP contribution < -0.4 is 0 Å². The summed E-state index contributed by atoms with van der Waals surface area (Å²) in [5.74, 6) is 0.850. The van der Waals surface area contributed by atoms with Gasteiger partial charge in [0.2, 0.25) is 0 Å². The lowest BCUT2D eigenvalue weighted by Gasteiger charge is -2.01. The third kappa shape index (κ3) is 5.42. The molecule has 0 aliphatic heterocycles. The van der Waals surface area contributed by atoms with Crippen molar-refractivity contribution in [2.24, 2.45) is 0 Å². The van der Waals surface area contributed by atoms with Gasteiger partial charge >= 0.3 is 0 Å². The highest BCUT2D eigenvalue weighted by molar-refractivity contribution is 8.93. The molecule has 0 aliphatic rings. The van der Waals surface area contributed by atoms with Crippen molar-refractivity contribution in [3.63, 3.8) is 0 Å². The Morgan fingerprint density at radius 1 is 1.36 bits per heavy atom. The maximum absolute atomic E-state index is 7.48. The van der Waals surface area contributed by atoms with Crippen LogP contribution in [0.2, 0.25) is 0 Å². The van der Waals surface area contributed by atoms with Gasteiger partial charge in [0.25, 0.3) is 0 Å². The molecule has 0 aromatic heterocycles. The van der Waals surface area contributed by atoms with Gasteiger partial charge in [0.15, 0.2) is 0 Å². The van der Waals surface area contributed by atoms with E-state index < -0.39 is 0 Å². The van der Waals surface area contributed by atoms with E-state index in [1.165, 1.54) is 17.3 Å². The largest absolute Gasteiger partial charge is 0.378 e. The van der Waals surface area contributed by atoms with Crippen LogP contribution in [0.3, 0.4) is 0 Å². The van der Waals surface area contributed by atoms with Gasteiger partial charge in [0, 0.05) is 12.9 Å². The van der Waals surface area contributed by atoms with E-state index in [9.17, 15) is 0 Å². The number of thioether (sulfide) groups is 1. The first-order chi connectivity index (χ1) is 6.33. The molecule has 0 saturated carbocycles. The average molecular weight is 276 g/mol. The zero-order valence-corrected chi connectivity index (χ0v) is 10.6. The maximum Gasteiger partial charge on any atom is 0.0938 e. The molecular weight excluding hydrogens is 262 g/mol. The minimum atomic E-state index is 0. The first-order valence-corrected chi connectivity index (χ1v) is 5.04. The minimum absolute atomic E-state index is 0. The molecular formula is C10H14BrNOS. The Morgan fingerprint density at radius 2 is 2.00 bits per heavy atom. The molecule has 0 radical (unpaired) electrons. The van der Waals surface area contributed by atoms with Gasteiger partial charge in [-0.3, -0.25) is 5.41 Å². The van der Waals surface area contributed by atoms with Crippen molar-refractivity contribution >= 4 is 33.8 Å². The molecule has 0 spiro atoms. The third-order valence-corrected chi connectivity index (χ3v) is 2.48. The van der Waals surface area contributed by atoms with Crippen LogP contribution in [0.15, 0.2) is 30.3 Å². The van der Waals surface area contributed by atoms with Crippen molar-refractivity contribution in [2.75, 3.05) is 13.7 Å². The molecule has 0 heterocycles. The second kappa shape index (κ2) is 8.03. The van der Waals surface area contributed by atoms with E-state index in [0.29, 0.717) is 11.7 Å². The van der Waals surface area contributed by atoms with Crippen LogP contribution in [0, 0.1) is 5.41 Å². The van der Waals surface area contributed by atoms with Crippen molar-refractivity contribution < 1.29 is 4.74 Å². The predicted molar refractivity (Wildman–Crippen MR) is 67.7 cm³/mol. The number of ether oxygens (including phenoxy) is 1. The second-order valence-corrected chi connectivity index (χ2v) is 3.70. The quantitative estimate of drug-likeness (QED) is 0.677. The summed E-state index contributed by atoms with van der Waals surface area (Å²) in [6.07, 6.45) is 0. The van der Waals surface area contributed by atoms with Gasteiger partial charge in [0.05, 0.1) is 11.7 Å². The van der Waals surface area contributed by atoms with Gasteiger partial charge in [-0.25, -0.2) is 0 Å². The first-order valence-electron chi connectivity index (χ1n) is 4.06. The number of benzene rings is 1. The lowest BCUT2D eigenvalue weighted by molar-refractivity contribution is 0.247. The van der Waals surface area contributed by atoms with Gasteiger partial charge < -0.3 is 4.74 Å². The Kier molecular flexibility index (Phi) is 7.84. The lowest BCUT2D eigenvalue weighted by Crippen LogP contribution is -2.00. The average Bonchev–Trinajstić information content (AvgIpc) is 2.17. The molecule has 0 saturated heterocycles. The molecule has 4 heteroatoms. The fourth-order valence-electron chi connectivity index (χ4n) is 0.917. The summed E-state index contributed by atoms with van der Waals surface area (Å²) in [4.78, 5) is 0. The molecule has 1 N–H and O–H groups in total. The zero-order chi connectivity index (χ0) is 9.52. The fraction of sp³-hybridized carbons (Fsp3) is 0.300. The highest BCUT2D eigenvalue weighted by Gasteiger charge is 1.97. The van der Waals surface area contributed by atoms with E-state index in [2.05, 4.69) is 12.1 Å². The topological polar surface area (TPSA) is 33.1 Å². The highest BCUT2D eigenvalue weighted by atomic mass is 79.9. The molecule has 78 valence electrons. The molecule has 0 atom stereocenters. The number of hydrogen-bond donors (Lipinski definition) is 1. The summed E-state index contributed by atoms with van der Waals surface area (Å²) < 4.78 is 4.85. The van der Waals surface area contributed by atoms with Crippen molar-refractivity contribution in [3.8, 4) is 0 Å². The second-order valence-electron chi connectivity index (χ2n) is 2.63. The SMILES string of the molecule is Br.COCC(=N)SCc1ccccc1. The number of methoxy groups -OCH3 is 1. The Balaban J connectivity index is 0.00000169. The summed E-state index contributed by atoms with van der Waals surface area (Å²) >= 11 is 1.51. The fourth-order valence-corrected chi connectivity index (χ4v) is 1.65. The molecule has 0 fully saturated rings. The summed E-state index contributed by atoms with van der Waals surface area (Å²) in [7, 11) is 1.61. The molecule has 14 heavy (non-hydrogen) atoms. The normalized spacial score (nSPS) is 9.21. The van der Waals surface area contributed by atoms with E-state index in [0.717, 1.165) is 5.75 Å². The van der Waals surface area contributed by atoms with Crippen molar-refractivity contribution in [1.29, 1.82) is 5.41 Å². The van der Waals surface area contributed by atoms with E-state index in [1.807, 2.05) is 18.2 Å². The van der Waals surface area contributed by atoms with Crippen LogP contribution in [0.25, 0.3) is 0 Å². The molecule has 0 aliphatic carbocycles. The number of halogens is 1. The lowest BCUT2D eigenvalue weighted by atomic mass is 10.2. The molecule has 0 unspecified atom stereocenters. The summed E-state index contributed by atoms with van der Waals surface area (Å²) in [5.41, 5.74) is 1.24. The van der Waals surface area contributed by atoms with E-state index >= 15 is 0 Å². The molecule has 1 aromatic rings. The summed E-state index contributed by atoms with van der Waals surface area (Å²) in [6, 6.07) is 10.1. The van der Waals surface area contributed by atoms with Crippen LogP contribution in [0.4, 0.5) is 0 Å². The third-order valence-electron chi connectivity index (χ3n) is 1.53. The van der Waals surface area contributed by atoms with Crippen LogP contribution in [-0.2, 0) is 10.5 Å². The standard InChI is InChI=1S/C10H13NOS.BrH/c1-12-7-10(11)13-8-9-5-3-2-4-6-9;/h2-6,11H,7-8H2,1H3;1H. The maximum atomic E-state index is 7.48. The minimum Gasteiger partial charge on any atom is -0.378 e. The van der Waals surface area contributed by atoms with Crippen molar-refractivity contribution in [1.82, 2.24) is 0 Å². The monoisotopic (exact) mass is 275 g/mol. The van der Waals surface area contributed by atoms with Crippen molar-refractivity contribution in [3.05, 3.63) is 35.9 Å². The number of hydrogen-bond acceptors (Lipinski definition) is 3. The van der Waals surface area contributed by atoms with Gasteiger partial charge in [-0.2, -0.15) is 0 Å². The number of nitrogens with one attached hydrogen (secondary N) is 1. The Labute approximate surface area is 99.3 Å². The van der Waals surface area contributed by atoms with Gasteiger partial charge in [-0.05, 0) is 5.56 Å². The van der Waals surface area contributed by atoms with E-state index in [-0.39, 0.29) is 17.0 Å². The van der Waals surface area contributed by atoms with Crippen LogP contribution in [-0.4, -0.2) is 18.8 Å². The summed E-state index contributed by atoms with van der Waals surface area (Å²) in [6.45, 7) is 0.414. The Hall–Kier alpha value is -0.320. The van der Waals surface area contributed by atoms with E-state index in [1.54, 1.807) is 7.11 Å². The summed E-state index contributed by atoms with van der Waals surface area (Å²) in [5, 5.41) is 8.05. The predicted octanol–water partition coefficient (Wildman–Crippen LogP) is 3.12. The van der Waals surface area contributed by atoms with Gasteiger partial charge in [-0.15, -0.1) is 28.7 Å². The molecule has 0 bridgehead atoms. The van der Waals surface area contributed by atoms with Crippen molar-refractivity contribution in [2.45, 2.75) is 5.75 Å². The Morgan fingerprint density at radius 3 is 2.57 bits per heavy atom. The highest BCUT2D eigenvalue weighted by Crippen LogP contribution is 2.12. The number of rotatable bonds is 4. The van der Waals surface area contributed by atoms with Crippen LogP contribution in [0.5, 0.6) is 0 Å².